The quantitative estimate of drug-likeness (QED) is 0.915. The van der Waals surface area contributed by atoms with Crippen LogP contribution in [0.1, 0.15) is 12.5 Å². The predicted octanol–water partition coefficient (Wildman–Crippen LogP) is 3.41. The molecule has 1 unspecified atom stereocenters. The van der Waals surface area contributed by atoms with Crippen molar-refractivity contribution in [1.29, 1.82) is 0 Å². The maximum absolute atomic E-state index is 12.1. The van der Waals surface area contributed by atoms with Crippen molar-refractivity contribution >= 4 is 11.6 Å². The Kier molecular flexibility index (Phi) is 4.82. The first-order valence-electron chi connectivity index (χ1n) is 6.77. The highest BCUT2D eigenvalue weighted by atomic mass is 16.5. The molecule has 0 saturated heterocycles. The molecule has 2 aromatic carbocycles. The first-order chi connectivity index (χ1) is 10.1. The van der Waals surface area contributed by atoms with E-state index in [0.717, 1.165) is 11.3 Å². The molecule has 1 amide bonds. The van der Waals surface area contributed by atoms with Gasteiger partial charge in [0.1, 0.15) is 11.5 Å². The Morgan fingerprint density at radius 1 is 1.10 bits per heavy atom. The van der Waals surface area contributed by atoms with Gasteiger partial charge in [0, 0.05) is 11.8 Å². The fraction of sp³-hybridized carbons (Fsp3) is 0.235. The van der Waals surface area contributed by atoms with Gasteiger partial charge in [-0.3, -0.25) is 4.79 Å². The third-order valence-electron chi connectivity index (χ3n) is 3.01. The van der Waals surface area contributed by atoms with Crippen molar-refractivity contribution in [3.63, 3.8) is 0 Å². The summed E-state index contributed by atoms with van der Waals surface area (Å²) in [6.07, 6.45) is -0.599. The predicted molar refractivity (Wildman–Crippen MR) is 82.9 cm³/mol. The molecule has 0 heterocycles. The summed E-state index contributed by atoms with van der Waals surface area (Å²) in [6.45, 7) is 3.69. The molecule has 4 heteroatoms. The average Bonchev–Trinajstić information content (AvgIpc) is 2.47. The van der Waals surface area contributed by atoms with Crippen molar-refractivity contribution in [1.82, 2.24) is 0 Å². The number of anilines is 1. The van der Waals surface area contributed by atoms with Crippen molar-refractivity contribution < 1.29 is 14.3 Å². The number of carbonyl (C=O) groups is 1. The highest BCUT2D eigenvalue weighted by Crippen LogP contribution is 2.20. The molecule has 2 aromatic rings. The van der Waals surface area contributed by atoms with Crippen LogP contribution in [0.2, 0.25) is 0 Å². The number of carbonyl (C=O) groups excluding carboxylic acids is 1. The number of aryl methyl sites for hydroxylation is 1. The van der Waals surface area contributed by atoms with Crippen LogP contribution in [0.3, 0.4) is 0 Å². The van der Waals surface area contributed by atoms with Crippen LogP contribution in [0.15, 0.2) is 48.5 Å². The van der Waals surface area contributed by atoms with E-state index in [4.69, 9.17) is 9.47 Å². The Hall–Kier alpha value is -2.49. The molecule has 0 aliphatic carbocycles. The van der Waals surface area contributed by atoms with Gasteiger partial charge in [-0.2, -0.15) is 0 Å². The molecule has 21 heavy (non-hydrogen) atoms. The molecule has 0 spiro atoms. The van der Waals surface area contributed by atoms with Crippen molar-refractivity contribution in [2.45, 2.75) is 20.0 Å². The van der Waals surface area contributed by atoms with Crippen molar-refractivity contribution in [3.8, 4) is 11.5 Å². The van der Waals surface area contributed by atoms with Gasteiger partial charge in [0.05, 0.1) is 7.11 Å². The summed E-state index contributed by atoms with van der Waals surface area (Å²) in [5.74, 6) is 1.10. The van der Waals surface area contributed by atoms with Crippen LogP contribution in [0.4, 0.5) is 5.69 Å². The van der Waals surface area contributed by atoms with E-state index in [1.54, 1.807) is 26.2 Å². The van der Waals surface area contributed by atoms with Gasteiger partial charge in [-0.25, -0.2) is 0 Å². The summed E-state index contributed by atoms with van der Waals surface area (Å²) in [7, 11) is 1.59. The van der Waals surface area contributed by atoms with Gasteiger partial charge in [0.2, 0.25) is 0 Å². The third kappa shape index (κ3) is 4.24. The second-order valence-electron chi connectivity index (χ2n) is 4.80. The fourth-order valence-electron chi connectivity index (χ4n) is 1.90. The SMILES string of the molecule is COc1cccc(OC(C)C(=O)Nc2cccc(C)c2)c1. The second-order valence-corrected chi connectivity index (χ2v) is 4.80. The Morgan fingerprint density at radius 3 is 2.52 bits per heavy atom. The smallest absolute Gasteiger partial charge is 0.265 e. The molecule has 0 radical (unpaired) electrons. The molecule has 0 fully saturated rings. The monoisotopic (exact) mass is 285 g/mol. The minimum Gasteiger partial charge on any atom is -0.497 e. The van der Waals surface area contributed by atoms with Crippen molar-refractivity contribution in [2.75, 3.05) is 12.4 Å². The van der Waals surface area contributed by atoms with E-state index in [-0.39, 0.29) is 5.91 Å². The van der Waals surface area contributed by atoms with Gasteiger partial charge in [-0.1, -0.05) is 18.2 Å². The highest BCUT2D eigenvalue weighted by Gasteiger charge is 2.15. The van der Waals surface area contributed by atoms with E-state index in [0.29, 0.717) is 11.5 Å². The van der Waals surface area contributed by atoms with E-state index < -0.39 is 6.10 Å². The standard InChI is InChI=1S/C17H19NO3/c1-12-6-4-7-14(10-12)18-17(19)13(2)21-16-9-5-8-15(11-16)20-3/h4-11,13H,1-3H3,(H,18,19). The molecule has 0 bridgehead atoms. The molecule has 110 valence electrons. The first kappa shape index (κ1) is 14.9. The summed E-state index contributed by atoms with van der Waals surface area (Å²) in [5, 5.41) is 2.84. The van der Waals surface area contributed by atoms with Gasteiger partial charge in [0.25, 0.3) is 5.91 Å². The molecule has 0 aliphatic rings. The molecular weight excluding hydrogens is 266 g/mol. The molecule has 2 rings (SSSR count). The zero-order chi connectivity index (χ0) is 15.2. The number of hydrogen-bond donors (Lipinski definition) is 1. The summed E-state index contributed by atoms with van der Waals surface area (Å²) >= 11 is 0. The first-order valence-corrected chi connectivity index (χ1v) is 6.77. The molecule has 4 nitrogen and oxygen atoms in total. The average molecular weight is 285 g/mol. The fourth-order valence-corrected chi connectivity index (χ4v) is 1.90. The van der Waals surface area contributed by atoms with Gasteiger partial charge in [0.15, 0.2) is 6.10 Å². The Balaban J connectivity index is 1.99. The van der Waals surface area contributed by atoms with Crippen molar-refractivity contribution in [3.05, 3.63) is 54.1 Å². The van der Waals surface area contributed by atoms with Crippen LogP contribution in [0, 0.1) is 6.92 Å². The van der Waals surface area contributed by atoms with Gasteiger partial charge < -0.3 is 14.8 Å². The number of methoxy groups -OCH3 is 1. The number of hydrogen-bond acceptors (Lipinski definition) is 3. The second kappa shape index (κ2) is 6.79. The topological polar surface area (TPSA) is 47.6 Å². The van der Waals surface area contributed by atoms with E-state index >= 15 is 0 Å². The highest BCUT2D eigenvalue weighted by molar-refractivity contribution is 5.94. The Labute approximate surface area is 124 Å². The molecule has 0 aliphatic heterocycles. The number of ether oxygens (including phenoxy) is 2. The summed E-state index contributed by atoms with van der Waals surface area (Å²) in [6, 6.07) is 14.8. The lowest BCUT2D eigenvalue weighted by molar-refractivity contribution is -0.122. The lowest BCUT2D eigenvalue weighted by Crippen LogP contribution is -2.30. The normalized spacial score (nSPS) is 11.6. The van der Waals surface area contributed by atoms with Crippen LogP contribution < -0.4 is 14.8 Å². The molecule has 0 aromatic heterocycles. The maximum atomic E-state index is 12.1. The number of benzene rings is 2. The summed E-state index contributed by atoms with van der Waals surface area (Å²) < 4.78 is 10.8. The third-order valence-corrected chi connectivity index (χ3v) is 3.01. The molecular formula is C17H19NO3. The minimum atomic E-state index is -0.599. The van der Waals surface area contributed by atoms with Gasteiger partial charge >= 0.3 is 0 Å². The van der Waals surface area contributed by atoms with E-state index in [1.807, 2.05) is 43.3 Å². The molecule has 1 atom stereocenters. The lowest BCUT2D eigenvalue weighted by atomic mass is 10.2. The number of rotatable bonds is 5. The van der Waals surface area contributed by atoms with Gasteiger partial charge in [-0.15, -0.1) is 0 Å². The molecule has 1 N–H and O–H groups in total. The number of amides is 1. The van der Waals surface area contributed by atoms with E-state index in [9.17, 15) is 4.79 Å². The van der Waals surface area contributed by atoms with Crippen LogP contribution in [0.5, 0.6) is 11.5 Å². The van der Waals surface area contributed by atoms with Crippen LogP contribution >= 0.6 is 0 Å². The summed E-state index contributed by atoms with van der Waals surface area (Å²) in [5.41, 5.74) is 1.86. The van der Waals surface area contributed by atoms with Crippen molar-refractivity contribution in [2.24, 2.45) is 0 Å². The van der Waals surface area contributed by atoms with E-state index in [1.165, 1.54) is 0 Å². The van der Waals surface area contributed by atoms with Crippen LogP contribution in [-0.2, 0) is 4.79 Å². The van der Waals surface area contributed by atoms with Crippen LogP contribution in [0.25, 0.3) is 0 Å². The summed E-state index contributed by atoms with van der Waals surface area (Å²) in [4.78, 5) is 12.1. The van der Waals surface area contributed by atoms with Crippen LogP contribution in [-0.4, -0.2) is 19.1 Å². The van der Waals surface area contributed by atoms with E-state index in [2.05, 4.69) is 5.32 Å². The number of nitrogens with one attached hydrogen (secondary N) is 1. The molecule has 0 saturated carbocycles. The Morgan fingerprint density at radius 2 is 1.81 bits per heavy atom. The maximum Gasteiger partial charge on any atom is 0.265 e. The van der Waals surface area contributed by atoms with Gasteiger partial charge in [-0.05, 0) is 43.7 Å². The lowest BCUT2D eigenvalue weighted by Gasteiger charge is -2.15. The zero-order valence-electron chi connectivity index (χ0n) is 12.4. The Bertz CT molecular complexity index is 625. The zero-order valence-corrected chi connectivity index (χ0v) is 12.4. The largest absolute Gasteiger partial charge is 0.497 e. The minimum absolute atomic E-state index is 0.191.